The summed E-state index contributed by atoms with van der Waals surface area (Å²) in [5.74, 6) is 0.891. The number of amides is 1. The number of hydrogen-bond donors (Lipinski definition) is 1. The molecule has 6 nitrogen and oxygen atoms in total. The topological polar surface area (TPSA) is 85.3 Å². The summed E-state index contributed by atoms with van der Waals surface area (Å²) in [6.45, 7) is 1.34. The van der Waals surface area contributed by atoms with Gasteiger partial charge in [0.2, 0.25) is 11.8 Å². The molecule has 0 radical (unpaired) electrons. The van der Waals surface area contributed by atoms with E-state index in [-0.39, 0.29) is 11.9 Å². The van der Waals surface area contributed by atoms with Crippen LogP contribution in [0.1, 0.15) is 48.4 Å². The third-order valence-corrected chi connectivity index (χ3v) is 6.18. The molecule has 1 amide bonds. The zero-order valence-corrected chi connectivity index (χ0v) is 14.5. The fraction of sp³-hybridized carbons (Fsp3) is 0.588. The predicted octanol–water partition coefficient (Wildman–Crippen LogP) is 2.52. The lowest BCUT2D eigenvalue weighted by molar-refractivity contribution is -0.124. The van der Waals surface area contributed by atoms with Crippen molar-refractivity contribution in [2.45, 2.75) is 57.5 Å². The maximum absolute atomic E-state index is 11.6. The normalized spacial score (nSPS) is 21.6. The third kappa shape index (κ3) is 3.10. The molecule has 1 atom stereocenters. The summed E-state index contributed by atoms with van der Waals surface area (Å²) < 4.78 is 5.87. The number of thiophene rings is 1. The quantitative estimate of drug-likeness (QED) is 0.919. The molecule has 1 saturated heterocycles. The first-order valence-electron chi connectivity index (χ1n) is 8.68. The number of aromatic nitrogens is 2. The van der Waals surface area contributed by atoms with Crippen LogP contribution in [0.4, 0.5) is 0 Å². The average molecular weight is 346 g/mol. The fourth-order valence-electron chi connectivity index (χ4n) is 3.69. The maximum Gasteiger partial charge on any atom is 0.257 e. The van der Waals surface area contributed by atoms with E-state index in [1.54, 1.807) is 11.3 Å². The molecule has 0 spiro atoms. The number of nitrogens with two attached hydrogens (primary N) is 1. The van der Waals surface area contributed by atoms with Gasteiger partial charge in [-0.3, -0.25) is 9.69 Å². The number of fused-ring (bicyclic) bond motifs is 1. The molecule has 2 aliphatic rings. The van der Waals surface area contributed by atoms with Crippen molar-refractivity contribution in [3.63, 3.8) is 0 Å². The maximum atomic E-state index is 11.6. The average Bonchev–Trinajstić information content (AvgIpc) is 3.21. The lowest BCUT2D eigenvalue weighted by Crippen LogP contribution is -2.47. The van der Waals surface area contributed by atoms with E-state index in [9.17, 15) is 4.79 Å². The van der Waals surface area contributed by atoms with E-state index in [0.29, 0.717) is 18.3 Å². The van der Waals surface area contributed by atoms with Crippen molar-refractivity contribution < 1.29 is 9.21 Å². The number of hydrogen-bond acceptors (Lipinski definition) is 6. The van der Waals surface area contributed by atoms with Crippen molar-refractivity contribution in [2.75, 3.05) is 6.54 Å². The van der Waals surface area contributed by atoms with Crippen molar-refractivity contribution in [1.29, 1.82) is 0 Å². The van der Waals surface area contributed by atoms with Gasteiger partial charge in [0, 0.05) is 4.88 Å². The van der Waals surface area contributed by atoms with E-state index in [1.165, 1.54) is 23.3 Å². The first-order chi connectivity index (χ1) is 11.7. The molecule has 2 aromatic rings. The second kappa shape index (κ2) is 6.64. The number of nitrogens with zero attached hydrogens (tertiary/aromatic N) is 3. The van der Waals surface area contributed by atoms with Crippen LogP contribution in [-0.2, 0) is 24.2 Å². The highest BCUT2D eigenvalue weighted by Gasteiger charge is 2.28. The lowest BCUT2D eigenvalue weighted by Gasteiger charge is -2.32. The highest BCUT2D eigenvalue weighted by atomic mass is 32.1. The van der Waals surface area contributed by atoms with Gasteiger partial charge in [0.15, 0.2) is 0 Å². The molecule has 1 aliphatic carbocycles. The Labute approximate surface area is 145 Å². The minimum atomic E-state index is -0.264. The number of carbonyl (C=O) groups is 1. The molecule has 0 saturated carbocycles. The first kappa shape index (κ1) is 15.8. The monoisotopic (exact) mass is 346 g/mol. The van der Waals surface area contributed by atoms with E-state index in [4.69, 9.17) is 10.2 Å². The van der Waals surface area contributed by atoms with Gasteiger partial charge < -0.3 is 10.2 Å². The van der Waals surface area contributed by atoms with Gasteiger partial charge in [-0.2, -0.15) is 0 Å². The van der Waals surface area contributed by atoms with Crippen LogP contribution in [0.15, 0.2) is 10.5 Å². The zero-order valence-electron chi connectivity index (χ0n) is 13.7. The van der Waals surface area contributed by atoms with Crippen LogP contribution in [-0.4, -0.2) is 33.6 Å². The molecule has 2 N–H and O–H groups in total. The Balaban J connectivity index is 1.50. The fourth-order valence-corrected chi connectivity index (χ4v) is 4.86. The van der Waals surface area contributed by atoms with Crippen LogP contribution < -0.4 is 5.73 Å². The second-order valence-corrected chi connectivity index (χ2v) is 7.79. The molecule has 1 unspecified atom stereocenters. The van der Waals surface area contributed by atoms with E-state index in [2.05, 4.69) is 21.2 Å². The van der Waals surface area contributed by atoms with E-state index in [0.717, 1.165) is 43.5 Å². The minimum absolute atomic E-state index is 0.219. The van der Waals surface area contributed by atoms with Crippen LogP contribution >= 0.6 is 11.3 Å². The molecule has 1 fully saturated rings. The van der Waals surface area contributed by atoms with Gasteiger partial charge in [0.05, 0.1) is 17.5 Å². The standard InChI is InChI=1S/C17H22N4O2S/c18-16(22)12-6-3-4-8-21(12)10-15-19-20-17(23-15)14-9-11-5-1-2-7-13(11)24-14/h9,12H,1-8,10H2,(H2,18,22). The second-order valence-electron chi connectivity index (χ2n) is 6.65. The van der Waals surface area contributed by atoms with E-state index >= 15 is 0 Å². The Morgan fingerprint density at radius 1 is 1.29 bits per heavy atom. The van der Waals surface area contributed by atoms with Crippen LogP contribution in [0.3, 0.4) is 0 Å². The van der Waals surface area contributed by atoms with Gasteiger partial charge in [-0.25, -0.2) is 0 Å². The van der Waals surface area contributed by atoms with Gasteiger partial charge in [0.25, 0.3) is 5.89 Å². The molecular weight excluding hydrogens is 324 g/mol. The van der Waals surface area contributed by atoms with Crippen LogP contribution in [0.2, 0.25) is 0 Å². The van der Waals surface area contributed by atoms with Crippen LogP contribution in [0, 0.1) is 0 Å². The summed E-state index contributed by atoms with van der Waals surface area (Å²) >= 11 is 1.77. The molecular formula is C17H22N4O2S. The molecule has 128 valence electrons. The van der Waals surface area contributed by atoms with Gasteiger partial charge >= 0.3 is 0 Å². The third-order valence-electron chi connectivity index (χ3n) is 4.95. The van der Waals surface area contributed by atoms with Crippen molar-refractivity contribution >= 4 is 17.2 Å². The number of piperidine rings is 1. The lowest BCUT2D eigenvalue weighted by atomic mass is 9.99. The van der Waals surface area contributed by atoms with E-state index in [1.807, 2.05) is 0 Å². The first-order valence-corrected chi connectivity index (χ1v) is 9.50. The summed E-state index contributed by atoms with van der Waals surface area (Å²) in [5, 5.41) is 8.40. The molecule has 1 aliphatic heterocycles. The van der Waals surface area contributed by atoms with Crippen LogP contribution in [0.25, 0.3) is 10.8 Å². The molecule has 0 aromatic carbocycles. The SMILES string of the molecule is NC(=O)C1CCCCN1Cc1nnc(-c2cc3c(s2)CCCC3)o1. The Kier molecular flexibility index (Phi) is 4.37. The molecule has 7 heteroatoms. The van der Waals surface area contributed by atoms with Crippen molar-refractivity contribution in [2.24, 2.45) is 5.73 Å². The van der Waals surface area contributed by atoms with Gasteiger partial charge in [-0.1, -0.05) is 6.42 Å². The Morgan fingerprint density at radius 3 is 3.00 bits per heavy atom. The van der Waals surface area contributed by atoms with Crippen molar-refractivity contribution in [3.8, 4) is 10.8 Å². The van der Waals surface area contributed by atoms with Crippen LogP contribution in [0.5, 0.6) is 0 Å². The molecule has 4 rings (SSSR count). The van der Waals surface area contributed by atoms with Gasteiger partial charge in [-0.15, -0.1) is 21.5 Å². The minimum Gasteiger partial charge on any atom is -0.419 e. The largest absolute Gasteiger partial charge is 0.419 e. The summed E-state index contributed by atoms with van der Waals surface area (Å²) in [6.07, 6.45) is 7.78. The van der Waals surface area contributed by atoms with Crippen molar-refractivity contribution in [1.82, 2.24) is 15.1 Å². The summed E-state index contributed by atoms with van der Waals surface area (Å²) in [4.78, 5) is 16.2. The number of primary amides is 1. The van der Waals surface area contributed by atoms with E-state index < -0.39 is 0 Å². The number of likely N-dealkylation sites (tertiary alicyclic amines) is 1. The molecule has 2 aromatic heterocycles. The summed E-state index contributed by atoms with van der Waals surface area (Å²) in [5.41, 5.74) is 6.95. The highest BCUT2D eigenvalue weighted by Crippen LogP contribution is 2.35. The summed E-state index contributed by atoms with van der Waals surface area (Å²) in [6, 6.07) is 1.98. The highest BCUT2D eigenvalue weighted by molar-refractivity contribution is 7.15. The van der Waals surface area contributed by atoms with Gasteiger partial charge in [0.1, 0.15) is 0 Å². The Hall–Kier alpha value is -1.73. The van der Waals surface area contributed by atoms with Crippen molar-refractivity contribution in [3.05, 3.63) is 22.4 Å². The molecule has 24 heavy (non-hydrogen) atoms. The zero-order chi connectivity index (χ0) is 16.5. The smallest absolute Gasteiger partial charge is 0.257 e. The van der Waals surface area contributed by atoms with Gasteiger partial charge in [-0.05, 0) is 56.7 Å². The Morgan fingerprint density at radius 2 is 2.17 bits per heavy atom. The predicted molar refractivity (Wildman–Crippen MR) is 91.5 cm³/mol. The summed E-state index contributed by atoms with van der Waals surface area (Å²) in [7, 11) is 0. The number of carbonyl (C=O) groups excluding carboxylic acids is 1. The molecule has 0 bridgehead atoms. The molecule has 3 heterocycles. The number of rotatable bonds is 4. The Bertz CT molecular complexity index is 715. The number of aryl methyl sites for hydroxylation is 2.